The van der Waals surface area contributed by atoms with Gasteiger partial charge in [0.2, 0.25) is 5.91 Å². The molecule has 0 saturated heterocycles. The van der Waals surface area contributed by atoms with E-state index in [1.54, 1.807) is 6.20 Å². The van der Waals surface area contributed by atoms with E-state index in [2.05, 4.69) is 4.98 Å². The second-order valence-corrected chi connectivity index (χ2v) is 5.01. The molecule has 1 amide bonds. The maximum absolute atomic E-state index is 11.9. The Hall–Kier alpha value is -1.56. The third-order valence-corrected chi connectivity index (χ3v) is 3.32. The normalized spacial score (nSPS) is 10.2. The molecule has 1 aromatic heterocycles. The monoisotopic (exact) mass is 282 g/mol. The van der Waals surface area contributed by atoms with Crippen LogP contribution in [0.5, 0.6) is 0 Å². The second-order valence-electron chi connectivity index (χ2n) is 4.02. The Morgan fingerprint density at radius 2 is 2.21 bits per heavy atom. The number of aliphatic carboxylic acids is 1. The Labute approximate surface area is 117 Å². The molecule has 104 valence electrons. The van der Waals surface area contributed by atoms with Gasteiger partial charge in [-0.1, -0.05) is 13.0 Å². The zero-order valence-electron chi connectivity index (χ0n) is 10.9. The number of hydrogen-bond acceptors (Lipinski definition) is 4. The smallest absolute Gasteiger partial charge is 0.323 e. The molecule has 0 aliphatic rings. The molecule has 0 radical (unpaired) electrons. The number of carbonyl (C=O) groups excluding carboxylic acids is 1. The average Bonchev–Trinajstić information content (AvgIpc) is 2.39. The predicted molar refractivity (Wildman–Crippen MR) is 74.9 cm³/mol. The molecule has 1 heterocycles. The number of aromatic nitrogens is 1. The molecule has 19 heavy (non-hydrogen) atoms. The first kappa shape index (κ1) is 15.5. The van der Waals surface area contributed by atoms with E-state index in [1.165, 1.54) is 16.7 Å². The summed E-state index contributed by atoms with van der Waals surface area (Å²) < 4.78 is 0. The van der Waals surface area contributed by atoms with Crippen LogP contribution in [0.2, 0.25) is 0 Å². The molecular formula is C13H18N2O3S. The molecule has 0 aromatic carbocycles. The van der Waals surface area contributed by atoms with Gasteiger partial charge in [0.05, 0.1) is 11.4 Å². The number of pyridine rings is 1. The van der Waals surface area contributed by atoms with Crippen molar-refractivity contribution in [1.82, 2.24) is 9.88 Å². The van der Waals surface area contributed by atoms with Crippen LogP contribution in [0.1, 0.15) is 19.0 Å². The van der Waals surface area contributed by atoms with Gasteiger partial charge >= 0.3 is 5.97 Å². The van der Waals surface area contributed by atoms with E-state index in [9.17, 15) is 9.59 Å². The standard InChI is InChI=1S/C13H18N2O3S/c1-2-7-15(8-13(17)18)12(16)10-19-9-11-5-3-4-6-14-11/h3-6H,2,7-10H2,1H3,(H,17,18). The van der Waals surface area contributed by atoms with Crippen molar-refractivity contribution in [3.8, 4) is 0 Å². The van der Waals surface area contributed by atoms with Crippen LogP contribution in [0, 0.1) is 0 Å². The highest BCUT2D eigenvalue weighted by atomic mass is 32.2. The van der Waals surface area contributed by atoms with Crippen LogP contribution in [0.3, 0.4) is 0 Å². The topological polar surface area (TPSA) is 70.5 Å². The highest BCUT2D eigenvalue weighted by molar-refractivity contribution is 7.99. The zero-order chi connectivity index (χ0) is 14.1. The fourth-order valence-corrected chi connectivity index (χ4v) is 2.38. The average molecular weight is 282 g/mol. The van der Waals surface area contributed by atoms with Gasteiger partial charge in [0.25, 0.3) is 0 Å². The molecule has 1 rings (SSSR count). The van der Waals surface area contributed by atoms with Crippen molar-refractivity contribution in [1.29, 1.82) is 0 Å². The molecule has 0 saturated carbocycles. The number of nitrogens with zero attached hydrogens (tertiary/aromatic N) is 2. The molecular weight excluding hydrogens is 264 g/mol. The molecule has 1 aromatic rings. The minimum Gasteiger partial charge on any atom is -0.480 e. The molecule has 0 spiro atoms. The van der Waals surface area contributed by atoms with Crippen molar-refractivity contribution in [2.24, 2.45) is 0 Å². The van der Waals surface area contributed by atoms with Crippen molar-refractivity contribution in [2.45, 2.75) is 19.1 Å². The van der Waals surface area contributed by atoms with E-state index in [0.29, 0.717) is 12.3 Å². The van der Waals surface area contributed by atoms with E-state index in [0.717, 1.165) is 12.1 Å². The summed E-state index contributed by atoms with van der Waals surface area (Å²) in [5.74, 6) is -0.176. The van der Waals surface area contributed by atoms with E-state index < -0.39 is 5.97 Å². The lowest BCUT2D eigenvalue weighted by molar-refractivity contribution is -0.143. The van der Waals surface area contributed by atoms with Crippen LogP contribution in [0.15, 0.2) is 24.4 Å². The minimum atomic E-state index is -0.975. The number of rotatable bonds is 8. The van der Waals surface area contributed by atoms with E-state index in [4.69, 9.17) is 5.11 Å². The quantitative estimate of drug-likeness (QED) is 0.785. The van der Waals surface area contributed by atoms with Gasteiger partial charge in [0.1, 0.15) is 6.54 Å². The lowest BCUT2D eigenvalue weighted by atomic mass is 10.4. The molecule has 0 bridgehead atoms. The highest BCUT2D eigenvalue weighted by Crippen LogP contribution is 2.10. The van der Waals surface area contributed by atoms with Gasteiger partial charge < -0.3 is 10.0 Å². The summed E-state index contributed by atoms with van der Waals surface area (Å²) in [5.41, 5.74) is 0.917. The Kier molecular flexibility index (Phi) is 6.95. The number of carboxylic acid groups (broad SMARTS) is 1. The van der Waals surface area contributed by atoms with Gasteiger partial charge in [0.15, 0.2) is 0 Å². The summed E-state index contributed by atoms with van der Waals surface area (Å²) in [5, 5.41) is 8.75. The SMILES string of the molecule is CCCN(CC(=O)O)C(=O)CSCc1ccccn1. The first-order valence-corrected chi connectivity index (χ1v) is 7.26. The van der Waals surface area contributed by atoms with Crippen molar-refractivity contribution in [3.05, 3.63) is 30.1 Å². The summed E-state index contributed by atoms with van der Waals surface area (Å²) >= 11 is 1.45. The first-order chi connectivity index (χ1) is 9.13. The number of thioether (sulfide) groups is 1. The van der Waals surface area contributed by atoms with Gasteiger partial charge in [-0.15, -0.1) is 11.8 Å². The largest absolute Gasteiger partial charge is 0.480 e. The lowest BCUT2D eigenvalue weighted by Gasteiger charge is -2.19. The van der Waals surface area contributed by atoms with Crippen molar-refractivity contribution >= 4 is 23.6 Å². The molecule has 0 unspecified atom stereocenters. The second kappa shape index (κ2) is 8.53. The maximum Gasteiger partial charge on any atom is 0.323 e. The number of carbonyl (C=O) groups is 2. The van der Waals surface area contributed by atoms with Gasteiger partial charge in [0, 0.05) is 18.5 Å². The van der Waals surface area contributed by atoms with Crippen molar-refractivity contribution < 1.29 is 14.7 Å². The molecule has 0 atom stereocenters. The molecule has 1 N–H and O–H groups in total. The van der Waals surface area contributed by atoms with Crippen LogP contribution < -0.4 is 0 Å². The summed E-state index contributed by atoms with van der Waals surface area (Å²) in [6.07, 6.45) is 2.47. The Balaban J connectivity index is 2.37. The van der Waals surface area contributed by atoms with Crippen LogP contribution in [-0.4, -0.2) is 45.7 Å². The fraction of sp³-hybridized carbons (Fsp3) is 0.462. The summed E-state index contributed by atoms with van der Waals surface area (Å²) in [6, 6.07) is 5.65. The van der Waals surface area contributed by atoms with Gasteiger partial charge in [-0.2, -0.15) is 0 Å². The number of hydrogen-bond donors (Lipinski definition) is 1. The molecule has 0 fully saturated rings. The zero-order valence-corrected chi connectivity index (χ0v) is 11.7. The predicted octanol–water partition coefficient (Wildman–Crippen LogP) is 1.64. The summed E-state index contributed by atoms with van der Waals surface area (Å²) in [7, 11) is 0. The van der Waals surface area contributed by atoms with Gasteiger partial charge in [-0.3, -0.25) is 14.6 Å². The number of carboxylic acids is 1. The Morgan fingerprint density at radius 1 is 1.42 bits per heavy atom. The Bertz CT molecular complexity index is 412. The summed E-state index contributed by atoms with van der Waals surface area (Å²) in [6.45, 7) is 2.18. The minimum absolute atomic E-state index is 0.134. The van der Waals surface area contributed by atoms with E-state index >= 15 is 0 Å². The first-order valence-electron chi connectivity index (χ1n) is 6.10. The molecule has 5 nitrogen and oxygen atoms in total. The maximum atomic E-state index is 11.9. The van der Waals surface area contributed by atoms with Crippen LogP contribution in [0.25, 0.3) is 0 Å². The van der Waals surface area contributed by atoms with Gasteiger partial charge in [-0.05, 0) is 18.6 Å². The third kappa shape index (κ3) is 6.24. The molecule has 0 aliphatic heterocycles. The van der Waals surface area contributed by atoms with Crippen LogP contribution in [0.4, 0.5) is 0 Å². The third-order valence-electron chi connectivity index (χ3n) is 2.37. The van der Waals surface area contributed by atoms with E-state index in [1.807, 2.05) is 25.1 Å². The fourth-order valence-electron chi connectivity index (χ4n) is 1.54. The number of amides is 1. The van der Waals surface area contributed by atoms with Crippen LogP contribution >= 0.6 is 11.8 Å². The molecule has 0 aliphatic carbocycles. The van der Waals surface area contributed by atoms with Crippen molar-refractivity contribution in [2.75, 3.05) is 18.8 Å². The van der Waals surface area contributed by atoms with E-state index in [-0.39, 0.29) is 18.2 Å². The van der Waals surface area contributed by atoms with Crippen LogP contribution in [-0.2, 0) is 15.3 Å². The van der Waals surface area contributed by atoms with Crippen molar-refractivity contribution in [3.63, 3.8) is 0 Å². The van der Waals surface area contributed by atoms with Gasteiger partial charge in [-0.25, -0.2) is 0 Å². The lowest BCUT2D eigenvalue weighted by Crippen LogP contribution is -2.37. The highest BCUT2D eigenvalue weighted by Gasteiger charge is 2.15. The molecule has 6 heteroatoms. The Morgan fingerprint density at radius 3 is 2.79 bits per heavy atom. The summed E-state index contributed by atoms with van der Waals surface area (Å²) in [4.78, 5) is 28.1.